The molecule has 0 bridgehead atoms. The standard InChI is InChI=1S/C30H21Cl4NO5/c1-37-30(36)17-8-9-24-16(11-17)7-10-25(39-24)26-22(33)12-18(13-23(26)34)38-14-19-28(35-40-29(19)15-5-6-15)27-20(31)3-2-4-21(27)32/h2-4,7-13,15,25H,5-6,14H2,1H3. The van der Waals surface area contributed by atoms with Gasteiger partial charge in [-0.15, -0.1) is 0 Å². The monoisotopic (exact) mass is 615 g/mol. The fourth-order valence-corrected chi connectivity index (χ4v) is 5.93. The number of esters is 1. The summed E-state index contributed by atoms with van der Waals surface area (Å²) in [6, 6.07) is 13.8. The number of halogens is 4. The first-order valence-electron chi connectivity index (χ1n) is 12.5. The van der Waals surface area contributed by atoms with E-state index < -0.39 is 12.1 Å². The molecule has 1 unspecified atom stereocenters. The maximum Gasteiger partial charge on any atom is 0.337 e. The Labute approximate surface area is 250 Å². The predicted octanol–water partition coefficient (Wildman–Crippen LogP) is 9.35. The zero-order valence-electron chi connectivity index (χ0n) is 21.0. The SMILES string of the molecule is COC(=O)c1ccc2c(c1)C=CC(c1c(Cl)cc(OCc3c(-c4c(Cl)cccc4Cl)noc3C3CC3)cc1Cl)O2. The number of ether oxygens (including phenoxy) is 3. The number of carbonyl (C=O) groups is 1. The number of hydrogen-bond acceptors (Lipinski definition) is 6. The third kappa shape index (κ3) is 5.17. The normalized spacial score (nSPS) is 15.9. The highest BCUT2D eigenvalue weighted by Crippen LogP contribution is 2.46. The van der Waals surface area contributed by atoms with Gasteiger partial charge in [0.2, 0.25) is 0 Å². The minimum atomic E-state index is -0.529. The van der Waals surface area contributed by atoms with Crippen molar-refractivity contribution in [2.45, 2.75) is 31.5 Å². The first kappa shape index (κ1) is 27.0. The van der Waals surface area contributed by atoms with Crippen LogP contribution >= 0.6 is 46.4 Å². The van der Waals surface area contributed by atoms with Crippen LogP contribution in [0, 0.1) is 0 Å². The molecule has 1 saturated carbocycles. The fraction of sp³-hybridized carbons (Fsp3) is 0.200. The molecule has 1 aliphatic heterocycles. The van der Waals surface area contributed by atoms with Gasteiger partial charge < -0.3 is 18.7 Å². The van der Waals surface area contributed by atoms with Gasteiger partial charge in [0, 0.05) is 22.6 Å². The van der Waals surface area contributed by atoms with Crippen LogP contribution in [0.2, 0.25) is 20.1 Å². The van der Waals surface area contributed by atoms with Crippen LogP contribution in [0.3, 0.4) is 0 Å². The summed E-state index contributed by atoms with van der Waals surface area (Å²) < 4.78 is 22.8. The summed E-state index contributed by atoms with van der Waals surface area (Å²) in [7, 11) is 1.34. The van der Waals surface area contributed by atoms with Crippen molar-refractivity contribution in [3.8, 4) is 22.8 Å². The van der Waals surface area contributed by atoms with Gasteiger partial charge in [-0.25, -0.2) is 4.79 Å². The maximum atomic E-state index is 11.9. The minimum absolute atomic E-state index is 0.161. The molecule has 0 spiro atoms. The molecule has 1 fully saturated rings. The van der Waals surface area contributed by atoms with E-state index in [1.807, 2.05) is 12.2 Å². The Hall–Kier alpha value is -3.16. The van der Waals surface area contributed by atoms with E-state index in [0.29, 0.717) is 54.0 Å². The lowest BCUT2D eigenvalue weighted by molar-refractivity contribution is 0.0600. The summed E-state index contributed by atoms with van der Waals surface area (Å²) in [6.07, 6.45) is 5.20. The van der Waals surface area contributed by atoms with Crippen LogP contribution in [-0.4, -0.2) is 18.2 Å². The Balaban J connectivity index is 1.24. The minimum Gasteiger partial charge on any atom is -0.489 e. The highest BCUT2D eigenvalue weighted by Gasteiger charge is 2.34. The van der Waals surface area contributed by atoms with Crippen LogP contribution in [0.4, 0.5) is 0 Å². The van der Waals surface area contributed by atoms with Crippen LogP contribution in [0.1, 0.15) is 57.7 Å². The smallest absolute Gasteiger partial charge is 0.337 e. The van der Waals surface area contributed by atoms with Crippen molar-refractivity contribution in [2.24, 2.45) is 0 Å². The number of aromatic nitrogens is 1. The van der Waals surface area contributed by atoms with Crippen LogP contribution in [-0.2, 0) is 11.3 Å². The first-order valence-corrected chi connectivity index (χ1v) is 14.0. The Kier molecular flexibility index (Phi) is 7.44. The Morgan fingerprint density at radius 3 is 2.40 bits per heavy atom. The highest BCUT2D eigenvalue weighted by atomic mass is 35.5. The summed E-state index contributed by atoms with van der Waals surface area (Å²) >= 11 is 26.3. The van der Waals surface area contributed by atoms with Crippen molar-refractivity contribution in [1.29, 1.82) is 0 Å². The predicted molar refractivity (Wildman–Crippen MR) is 155 cm³/mol. The van der Waals surface area contributed by atoms with Crippen molar-refractivity contribution in [1.82, 2.24) is 5.16 Å². The summed E-state index contributed by atoms with van der Waals surface area (Å²) in [5, 5.41) is 6.02. The molecule has 6 rings (SSSR count). The number of fused-ring (bicyclic) bond motifs is 1. The second-order valence-electron chi connectivity index (χ2n) is 9.48. The Morgan fingerprint density at radius 2 is 1.73 bits per heavy atom. The van der Waals surface area contributed by atoms with Crippen LogP contribution in [0.25, 0.3) is 17.3 Å². The van der Waals surface area contributed by atoms with E-state index in [1.54, 1.807) is 48.5 Å². The van der Waals surface area contributed by atoms with Gasteiger partial charge in [-0.2, -0.15) is 0 Å². The number of carbonyl (C=O) groups excluding carboxylic acids is 1. The van der Waals surface area contributed by atoms with Crippen molar-refractivity contribution in [3.63, 3.8) is 0 Å². The molecule has 204 valence electrons. The maximum absolute atomic E-state index is 11.9. The molecule has 2 heterocycles. The van der Waals surface area contributed by atoms with Gasteiger partial charge in [0.05, 0.1) is 38.3 Å². The summed E-state index contributed by atoms with van der Waals surface area (Å²) in [6.45, 7) is 0.161. The third-order valence-electron chi connectivity index (χ3n) is 6.82. The molecule has 0 amide bonds. The Morgan fingerprint density at radius 1 is 1.00 bits per heavy atom. The van der Waals surface area contributed by atoms with Gasteiger partial charge in [0.1, 0.15) is 35.7 Å². The van der Waals surface area contributed by atoms with E-state index in [4.69, 9.17) is 65.1 Å². The van der Waals surface area contributed by atoms with Crippen molar-refractivity contribution < 1.29 is 23.5 Å². The Bertz CT molecular complexity index is 1620. The average molecular weight is 617 g/mol. The van der Waals surface area contributed by atoms with Gasteiger partial charge >= 0.3 is 5.97 Å². The van der Waals surface area contributed by atoms with E-state index in [9.17, 15) is 4.79 Å². The molecule has 3 aromatic carbocycles. The lowest BCUT2D eigenvalue weighted by Crippen LogP contribution is -2.11. The van der Waals surface area contributed by atoms with Gasteiger partial charge in [0.25, 0.3) is 0 Å². The van der Waals surface area contributed by atoms with E-state index in [-0.39, 0.29) is 12.5 Å². The van der Waals surface area contributed by atoms with Crippen molar-refractivity contribution in [2.75, 3.05) is 7.11 Å². The molecule has 2 aliphatic rings. The van der Waals surface area contributed by atoms with Crippen LogP contribution < -0.4 is 9.47 Å². The molecule has 40 heavy (non-hydrogen) atoms. The molecule has 1 aliphatic carbocycles. The van der Waals surface area contributed by atoms with E-state index in [0.717, 1.165) is 29.7 Å². The molecule has 4 aromatic rings. The van der Waals surface area contributed by atoms with Gasteiger partial charge in [-0.3, -0.25) is 0 Å². The van der Waals surface area contributed by atoms with Crippen molar-refractivity contribution in [3.05, 3.63) is 103 Å². The highest BCUT2D eigenvalue weighted by molar-refractivity contribution is 6.39. The van der Waals surface area contributed by atoms with Crippen LogP contribution in [0.5, 0.6) is 11.5 Å². The molecule has 10 heteroatoms. The molecule has 1 atom stereocenters. The summed E-state index contributed by atoms with van der Waals surface area (Å²) in [5.74, 6) is 1.71. The largest absolute Gasteiger partial charge is 0.489 e. The molecular weight excluding hydrogens is 596 g/mol. The number of nitrogens with zero attached hydrogens (tertiary/aromatic N) is 1. The van der Waals surface area contributed by atoms with Gasteiger partial charge in [-0.05, 0) is 61.4 Å². The lowest BCUT2D eigenvalue weighted by Gasteiger charge is -2.24. The second-order valence-corrected chi connectivity index (χ2v) is 11.1. The van der Waals surface area contributed by atoms with E-state index in [2.05, 4.69) is 5.16 Å². The zero-order valence-corrected chi connectivity index (χ0v) is 24.1. The quantitative estimate of drug-likeness (QED) is 0.193. The van der Waals surface area contributed by atoms with Gasteiger partial charge in [-0.1, -0.05) is 63.7 Å². The number of benzene rings is 3. The summed E-state index contributed by atoms with van der Waals surface area (Å²) in [4.78, 5) is 11.9. The molecule has 1 aromatic heterocycles. The average Bonchev–Trinajstić information content (AvgIpc) is 3.70. The fourth-order valence-electron chi connectivity index (χ4n) is 4.67. The van der Waals surface area contributed by atoms with Crippen LogP contribution in [0.15, 0.2) is 59.1 Å². The van der Waals surface area contributed by atoms with E-state index in [1.165, 1.54) is 7.11 Å². The molecule has 0 N–H and O–H groups in total. The van der Waals surface area contributed by atoms with E-state index >= 15 is 0 Å². The molecule has 0 radical (unpaired) electrons. The van der Waals surface area contributed by atoms with Gasteiger partial charge in [0.15, 0.2) is 0 Å². The third-order valence-corrected chi connectivity index (χ3v) is 8.08. The topological polar surface area (TPSA) is 70.8 Å². The summed E-state index contributed by atoms with van der Waals surface area (Å²) in [5.41, 5.74) is 3.73. The molecule has 0 saturated heterocycles. The number of rotatable bonds is 7. The number of methoxy groups -OCH3 is 1. The lowest BCUT2D eigenvalue weighted by atomic mass is 10.0. The number of hydrogen-bond donors (Lipinski definition) is 0. The first-order chi connectivity index (χ1) is 19.3. The second kappa shape index (κ2) is 11.0. The zero-order chi connectivity index (χ0) is 28.0. The van der Waals surface area contributed by atoms with Crippen molar-refractivity contribution >= 4 is 58.4 Å². The molecular formula is C30H21Cl4NO5. The molecule has 6 nitrogen and oxygen atoms in total.